The third-order valence-corrected chi connectivity index (χ3v) is 5.47. The van der Waals surface area contributed by atoms with E-state index in [0.717, 1.165) is 11.4 Å². The maximum Gasteiger partial charge on any atom is 0.0458 e. The topological polar surface area (TPSA) is 3.24 Å². The van der Waals surface area contributed by atoms with E-state index in [1.54, 1.807) is 6.08 Å². The summed E-state index contributed by atoms with van der Waals surface area (Å²) in [6, 6.07) is 26.0. The predicted molar refractivity (Wildman–Crippen MR) is 121 cm³/mol. The molecule has 0 aliphatic heterocycles. The van der Waals surface area contributed by atoms with Gasteiger partial charge in [-0.15, -0.1) is 0 Å². The van der Waals surface area contributed by atoms with E-state index in [1.165, 1.54) is 22.3 Å². The molecule has 1 aliphatic rings. The summed E-state index contributed by atoms with van der Waals surface area (Å²) in [5.74, 6) is 0. The number of para-hydroxylation sites is 1. The quantitative estimate of drug-likeness (QED) is 0.427. The van der Waals surface area contributed by atoms with Crippen LogP contribution in [0.1, 0.15) is 25.0 Å². The summed E-state index contributed by atoms with van der Waals surface area (Å²) in [4.78, 5) is 2.23. The van der Waals surface area contributed by atoms with Crippen LogP contribution in [0.4, 0.5) is 11.4 Å². The fraction of sp³-hybridized carbons (Fsp3) is 0.111. The van der Waals surface area contributed by atoms with Gasteiger partial charge in [-0.25, -0.2) is 0 Å². The molecular formula is C27H25N. The Morgan fingerprint density at radius 3 is 2.21 bits per heavy atom. The zero-order valence-corrected chi connectivity index (χ0v) is 16.5. The molecule has 0 N–H and O–H groups in total. The summed E-state index contributed by atoms with van der Waals surface area (Å²) in [5.41, 5.74) is 7.77. The lowest BCUT2D eigenvalue weighted by Crippen LogP contribution is -2.16. The minimum Gasteiger partial charge on any atom is -0.317 e. The Hall–Kier alpha value is -3.32. The molecule has 1 heteroatoms. The van der Waals surface area contributed by atoms with Gasteiger partial charge in [-0.1, -0.05) is 87.2 Å². The number of hydrogen-bond acceptors (Lipinski definition) is 1. The summed E-state index contributed by atoms with van der Waals surface area (Å²) in [6.45, 7) is 8.37. The van der Waals surface area contributed by atoms with Gasteiger partial charge in [-0.2, -0.15) is 0 Å². The third kappa shape index (κ3) is 3.10. The number of rotatable bonds is 5. The van der Waals surface area contributed by atoms with Crippen molar-refractivity contribution in [1.29, 1.82) is 0 Å². The van der Waals surface area contributed by atoms with Crippen LogP contribution >= 0.6 is 0 Å². The SMILES string of the molecule is C=C/C=C\C=C/N(c1ccccc1)c1ccc2c(c1)C(C)(C)c1ccccc1-2. The molecule has 4 rings (SSSR count). The molecule has 0 bridgehead atoms. The molecule has 138 valence electrons. The maximum atomic E-state index is 3.73. The van der Waals surface area contributed by atoms with Crippen LogP contribution < -0.4 is 4.90 Å². The van der Waals surface area contributed by atoms with Gasteiger partial charge in [0.1, 0.15) is 0 Å². The molecule has 0 radical (unpaired) electrons. The molecule has 0 heterocycles. The summed E-state index contributed by atoms with van der Waals surface area (Å²) >= 11 is 0. The Morgan fingerprint density at radius 2 is 1.43 bits per heavy atom. The van der Waals surface area contributed by atoms with Crippen molar-refractivity contribution >= 4 is 11.4 Å². The second kappa shape index (κ2) is 7.36. The lowest BCUT2D eigenvalue weighted by molar-refractivity contribution is 0.660. The minimum absolute atomic E-state index is 0.00322. The molecule has 0 saturated carbocycles. The van der Waals surface area contributed by atoms with Gasteiger partial charge in [0.05, 0.1) is 0 Å². The first-order valence-corrected chi connectivity index (χ1v) is 9.67. The van der Waals surface area contributed by atoms with Gasteiger partial charge >= 0.3 is 0 Å². The zero-order valence-electron chi connectivity index (χ0n) is 16.5. The third-order valence-electron chi connectivity index (χ3n) is 5.47. The van der Waals surface area contributed by atoms with Gasteiger partial charge in [0.2, 0.25) is 0 Å². The van der Waals surface area contributed by atoms with Gasteiger partial charge < -0.3 is 4.90 Å². The average molecular weight is 364 g/mol. The molecule has 0 atom stereocenters. The van der Waals surface area contributed by atoms with Gasteiger partial charge in [0, 0.05) is 23.0 Å². The van der Waals surface area contributed by atoms with E-state index >= 15 is 0 Å². The van der Waals surface area contributed by atoms with E-state index in [0.29, 0.717) is 0 Å². The van der Waals surface area contributed by atoms with Crippen LogP contribution in [-0.2, 0) is 5.41 Å². The van der Waals surface area contributed by atoms with Crippen LogP contribution in [0.25, 0.3) is 11.1 Å². The predicted octanol–water partition coefficient (Wildman–Crippen LogP) is 7.39. The highest BCUT2D eigenvalue weighted by atomic mass is 15.1. The van der Waals surface area contributed by atoms with Crippen LogP contribution in [0, 0.1) is 0 Å². The second-order valence-corrected chi connectivity index (χ2v) is 7.57. The fourth-order valence-electron chi connectivity index (χ4n) is 4.03. The molecule has 3 aromatic rings. The smallest absolute Gasteiger partial charge is 0.0458 e. The van der Waals surface area contributed by atoms with Gasteiger partial charge in [0.15, 0.2) is 0 Å². The normalized spacial score (nSPS) is 14.2. The Bertz CT molecular complexity index is 1050. The Kier molecular flexibility index (Phi) is 4.75. The van der Waals surface area contributed by atoms with Gasteiger partial charge in [0.25, 0.3) is 0 Å². The standard InChI is InChI=1S/C27H25N/c1-4-5-6-12-19-28(21-13-8-7-9-14-21)22-17-18-24-23-15-10-11-16-25(23)27(2,3)26(24)20-22/h4-20H,1H2,2-3H3/b6-5-,19-12-. The highest BCUT2D eigenvalue weighted by Gasteiger charge is 2.35. The van der Waals surface area contributed by atoms with Gasteiger partial charge in [-0.05, 0) is 52.6 Å². The molecule has 0 aromatic heterocycles. The Balaban J connectivity index is 1.81. The molecule has 0 amide bonds. The van der Waals surface area contributed by atoms with Crippen molar-refractivity contribution in [2.45, 2.75) is 19.3 Å². The number of nitrogens with zero attached hydrogens (tertiary/aromatic N) is 1. The number of benzene rings is 3. The molecule has 0 fully saturated rings. The maximum absolute atomic E-state index is 3.73. The largest absolute Gasteiger partial charge is 0.317 e. The first-order chi connectivity index (χ1) is 13.6. The lowest BCUT2D eigenvalue weighted by atomic mass is 9.82. The molecule has 0 unspecified atom stereocenters. The number of fused-ring (bicyclic) bond motifs is 3. The van der Waals surface area contributed by atoms with Crippen molar-refractivity contribution < 1.29 is 0 Å². The summed E-state index contributed by atoms with van der Waals surface area (Å²) in [6.07, 6.45) is 9.86. The summed E-state index contributed by atoms with van der Waals surface area (Å²) in [5, 5.41) is 0. The van der Waals surface area contributed by atoms with E-state index in [1.807, 2.05) is 24.3 Å². The van der Waals surface area contributed by atoms with Crippen LogP contribution in [0.5, 0.6) is 0 Å². The minimum atomic E-state index is -0.00322. The zero-order chi connectivity index (χ0) is 19.6. The Labute approximate surface area is 168 Å². The molecule has 1 nitrogen and oxygen atoms in total. The van der Waals surface area contributed by atoms with E-state index in [9.17, 15) is 0 Å². The molecule has 1 aliphatic carbocycles. The van der Waals surface area contributed by atoms with Crippen molar-refractivity contribution in [3.8, 4) is 11.1 Å². The van der Waals surface area contributed by atoms with E-state index in [-0.39, 0.29) is 5.41 Å². The first kappa shape index (κ1) is 18.1. The van der Waals surface area contributed by atoms with Crippen LogP contribution in [0.2, 0.25) is 0 Å². The van der Waals surface area contributed by atoms with E-state index in [2.05, 4.69) is 98.3 Å². The number of allylic oxidation sites excluding steroid dienone is 4. The number of anilines is 2. The van der Waals surface area contributed by atoms with Gasteiger partial charge in [-0.3, -0.25) is 0 Å². The van der Waals surface area contributed by atoms with E-state index in [4.69, 9.17) is 0 Å². The van der Waals surface area contributed by atoms with E-state index < -0.39 is 0 Å². The van der Waals surface area contributed by atoms with Crippen LogP contribution in [0.3, 0.4) is 0 Å². The molecule has 3 aromatic carbocycles. The second-order valence-electron chi connectivity index (χ2n) is 7.57. The van der Waals surface area contributed by atoms with Crippen molar-refractivity contribution in [1.82, 2.24) is 0 Å². The molecule has 0 spiro atoms. The van der Waals surface area contributed by atoms with Crippen molar-refractivity contribution in [3.63, 3.8) is 0 Å². The highest BCUT2D eigenvalue weighted by Crippen LogP contribution is 2.49. The highest BCUT2D eigenvalue weighted by molar-refractivity contribution is 5.83. The van der Waals surface area contributed by atoms with Crippen molar-refractivity contribution in [2.75, 3.05) is 4.90 Å². The fourth-order valence-corrected chi connectivity index (χ4v) is 4.03. The van der Waals surface area contributed by atoms with Crippen molar-refractivity contribution in [2.24, 2.45) is 0 Å². The molecule has 0 saturated heterocycles. The first-order valence-electron chi connectivity index (χ1n) is 9.67. The summed E-state index contributed by atoms with van der Waals surface area (Å²) in [7, 11) is 0. The molecule has 28 heavy (non-hydrogen) atoms. The number of hydrogen-bond donors (Lipinski definition) is 0. The lowest BCUT2D eigenvalue weighted by Gasteiger charge is -2.25. The summed E-state index contributed by atoms with van der Waals surface area (Å²) < 4.78 is 0. The molecular weight excluding hydrogens is 338 g/mol. The average Bonchev–Trinajstić information content (AvgIpc) is 2.96. The van der Waals surface area contributed by atoms with Crippen molar-refractivity contribution in [3.05, 3.63) is 121 Å². The van der Waals surface area contributed by atoms with Crippen LogP contribution in [-0.4, -0.2) is 0 Å². The Morgan fingerprint density at radius 1 is 0.714 bits per heavy atom. The monoisotopic (exact) mass is 363 g/mol. The van der Waals surface area contributed by atoms with Crippen LogP contribution in [0.15, 0.2) is 110 Å².